The molecule has 7 nitrogen and oxygen atoms in total. The number of carboxylic acids is 1. The molecule has 0 saturated carbocycles. The van der Waals surface area contributed by atoms with E-state index in [2.05, 4.69) is 4.74 Å². The minimum Gasteiger partial charge on any atom is -0.481 e. The molecule has 0 heterocycles. The summed E-state index contributed by atoms with van der Waals surface area (Å²) in [6, 6.07) is -1.36. The van der Waals surface area contributed by atoms with Crippen LogP contribution in [0.2, 0.25) is 0 Å². The zero-order valence-corrected chi connectivity index (χ0v) is 7.14. The Balaban J connectivity index is 4.24. The summed E-state index contributed by atoms with van der Waals surface area (Å²) in [5.74, 6) is 2.73. The molecule has 1 atom stereocenters. The highest BCUT2D eigenvalue weighted by Crippen LogP contribution is 2.00. The Hall–Kier alpha value is -1.18. The molecule has 0 bridgehead atoms. The van der Waals surface area contributed by atoms with Crippen LogP contribution in [0, 0.1) is 0 Å². The lowest BCUT2D eigenvalue weighted by Crippen LogP contribution is -2.45. The molecule has 0 aliphatic carbocycles. The first-order valence-corrected chi connectivity index (χ1v) is 3.60. The van der Waals surface area contributed by atoms with Gasteiger partial charge in [0.25, 0.3) is 0 Å². The molecule has 0 aliphatic heterocycles. The standard InChI is InChI=1S/C6H12N2O5/c1-2-13-6(11)4(8(7)12)3-5(9)10/h4,12H,2-3,7H2,1H3,(H,9,10). The molecule has 0 spiro atoms. The summed E-state index contributed by atoms with van der Waals surface area (Å²) in [6.07, 6.45) is -0.605. The van der Waals surface area contributed by atoms with Gasteiger partial charge >= 0.3 is 11.9 Å². The van der Waals surface area contributed by atoms with Crippen LogP contribution >= 0.6 is 0 Å². The van der Waals surface area contributed by atoms with E-state index >= 15 is 0 Å². The number of carbonyl (C=O) groups excluding carboxylic acids is 1. The average molecular weight is 192 g/mol. The van der Waals surface area contributed by atoms with Crippen molar-refractivity contribution in [1.82, 2.24) is 5.17 Å². The van der Waals surface area contributed by atoms with E-state index in [0.29, 0.717) is 0 Å². The van der Waals surface area contributed by atoms with Crippen LogP contribution in [0.1, 0.15) is 13.3 Å². The molecule has 0 fully saturated rings. The topological polar surface area (TPSA) is 113 Å². The molecule has 0 aliphatic rings. The molecule has 0 saturated heterocycles. The van der Waals surface area contributed by atoms with E-state index < -0.39 is 24.4 Å². The summed E-state index contributed by atoms with van der Waals surface area (Å²) in [4.78, 5) is 21.2. The van der Waals surface area contributed by atoms with Crippen molar-refractivity contribution in [3.05, 3.63) is 0 Å². The van der Waals surface area contributed by atoms with Crippen LogP contribution in [0.25, 0.3) is 0 Å². The number of aliphatic carboxylic acids is 1. The SMILES string of the molecule is CCOC(=O)C(CC(=O)O)N(N)O. The maximum atomic E-state index is 11.0. The minimum atomic E-state index is -1.36. The first-order chi connectivity index (χ1) is 5.99. The van der Waals surface area contributed by atoms with Crippen molar-refractivity contribution >= 4 is 11.9 Å². The highest BCUT2D eigenvalue weighted by molar-refractivity contribution is 5.81. The Morgan fingerprint density at radius 3 is 2.46 bits per heavy atom. The van der Waals surface area contributed by atoms with Crippen LogP contribution in [0.3, 0.4) is 0 Å². The Morgan fingerprint density at radius 2 is 2.15 bits per heavy atom. The molecule has 76 valence electrons. The number of rotatable bonds is 5. The van der Waals surface area contributed by atoms with Gasteiger partial charge in [-0.1, -0.05) is 0 Å². The third-order valence-corrected chi connectivity index (χ3v) is 1.25. The van der Waals surface area contributed by atoms with Crippen molar-refractivity contribution in [3.8, 4) is 0 Å². The number of nitrogens with zero attached hydrogens (tertiary/aromatic N) is 1. The number of hydrogen-bond acceptors (Lipinski definition) is 6. The average Bonchev–Trinajstić information content (AvgIpc) is 1.99. The van der Waals surface area contributed by atoms with Crippen molar-refractivity contribution < 1.29 is 24.6 Å². The molecule has 0 aromatic heterocycles. The van der Waals surface area contributed by atoms with Gasteiger partial charge in [0.15, 0.2) is 6.04 Å². The summed E-state index contributed by atoms with van der Waals surface area (Å²) in [5, 5.41) is 17.1. The summed E-state index contributed by atoms with van der Waals surface area (Å²) < 4.78 is 4.48. The van der Waals surface area contributed by atoms with Crippen molar-refractivity contribution in [2.24, 2.45) is 5.84 Å². The Labute approximate surface area is 74.6 Å². The highest BCUT2D eigenvalue weighted by Gasteiger charge is 2.27. The molecule has 0 amide bonds. The predicted octanol–water partition coefficient (Wildman–Crippen LogP) is -1.04. The Morgan fingerprint density at radius 1 is 1.62 bits per heavy atom. The Kier molecular flexibility index (Phi) is 4.97. The van der Waals surface area contributed by atoms with Gasteiger partial charge < -0.3 is 9.84 Å². The molecule has 13 heavy (non-hydrogen) atoms. The third kappa shape index (κ3) is 4.41. The van der Waals surface area contributed by atoms with E-state index in [9.17, 15) is 9.59 Å². The number of hydrazine groups is 1. The van der Waals surface area contributed by atoms with Crippen LogP contribution in [-0.2, 0) is 14.3 Å². The molecular formula is C6H12N2O5. The fraction of sp³-hybridized carbons (Fsp3) is 0.667. The summed E-state index contributed by atoms with van der Waals surface area (Å²) in [6.45, 7) is 1.66. The smallest absolute Gasteiger partial charge is 0.327 e. The second kappa shape index (κ2) is 5.46. The van der Waals surface area contributed by atoms with Crippen LogP contribution in [-0.4, -0.2) is 40.1 Å². The van der Waals surface area contributed by atoms with Crippen LogP contribution < -0.4 is 5.84 Å². The second-order valence-corrected chi connectivity index (χ2v) is 2.25. The molecule has 0 rings (SSSR count). The normalized spacial score (nSPS) is 12.6. The van der Waals surface area contributed by atoms with Crippen molar-refractivity contribution in [2.75, 3.05) is 6.61 Å². The van der Waals surface area contributed by atoms with E-state index in [1.807, 2.05) is 0 Å². The van der Waals surface area contributed by atoms with E-state index in [1.54, 1.807) is 6.92 Å². The van der Waals surface area contributed by atoms with Gasteiger partial charge in [-0.3, -0.25) is 14.8 Å². The molecule has 4 N–H and O–H groups in total. The van der Waals surface area contributed by atoms with Gasteiger partial charge in [0.2, 0.25) is 0 Å². The zero-order chi connectivity index (χ0) is 10.4. The van der Waals surface area contributed by atoms with Gasteiger partial charge in [-0.05, 0) is 6.92 Å². The number of carbonyl (C=O) groups is 2. The molecule has 0 aromatic rings. The maximum Gasteiger partial charge on any atom is 0.327 e. The largest absolute Gasteiger partial charge is 0.481 e. The van der Waals surface area contributed by atoms with Crippen LogP contribution in [0.15, 0.2) is 0 Å². The van der Waals surface area contributed by atoms with Gasteiger partial charge in [-0.25, -0.2) is 5.84 Å². The fourth-order valence-corrected chi connectivity index (χ4v) is 0.689. The lowest BCUT2D eigenvalue weighted by atomic mass is 10.2. The predicted molar refractivity (Wildman–Crippen MR) is 40.5 cm³/mol. The van der Waals surface area contributed by atoms with Crippen LogP contribution in [0.5, 0.6) is 0 Å². The number of carboxylic acid groups (broad SMARTS) is 1. The molecular weight excluding hydrogens is 180 g/mol. The molecule has 0 radical (unpaired) electrons. The van der Waals surface area contributed by atoms with Crippen LogP contribution in [0.4, 0.5) is 0 Å². The highest BCUT2D eigenvalue weighted by atomic mass is 16.6. The molecule has 1 unspecified atom stereocenters. The minimum absolute atomic E-state index is 0.0338. The number of nitrogens with two attached hydrogens (primary N) is 1. The second-order valence-electron chi connectivity index (χ2n) is 2.25. The molecule has 0 aromatic carbocycles. The zero-order valence-electron chi connectivity index (χ0n) is 7.14. The van der Waals surface area contributed by atoms with Gasteiger partial charge in [0.05, 0.1) is 13.0 Å². The first-order valence-electron chi connectivity index (χ1n) is 3.60. The third-order valence-electron chi connectivity index (χ3n) is 1.25. The number of hydroxylamine groups is 1. The monoisotopic (exact) mass is 192 g/mol. The first kappa shape index (κ1) is 11.8. The van der Waals surface area contributed by atoms with Crippen molar-refractivity contribution in [1.29, 1.82) is 0 Å². The van der Waals surface area contributed by atoms with E-state index in [4.69, 9.17) is 16.2 Å². The number of hydrogen-bond donors (Lipinski definition) is 3. The van der Waals surface area contributed by atoms with Gasteiger partial charge in [-0.2, -0.15) is 0 Å². The fourth-order valence-electron chi connectivity index (χ4n) is 0.689. The van der Waals surface area contributed by atoms with Gasteiger partial charge in [0.1, 0.15) is 0 Å². The maximum absolute atomic E-state index is 11.0. The van der Waals surface area contributed by atoms with Gasteiger partial charge in [-0.15, -0.1) is 5.17 Å². The van der Waals surface area contributed by atoms with Crippen molar-refractivity contribution in [2.45, 2.75) is 19.4 Å². The lowest BCUT2D eigenvalue weighted by Gasteiger charge is -2.17. The lowest BCUT2D eigenvalue weighted by molar-refractivity contribution is -0.180. The van der Waals surface area contributed by atoms with E-state index in [1.165, 1.54) is 0 Å². The van der Waals surface area contributed by atoms with Crippen molar-refractivity contribution in [3.63, 3.8) is 0 Å². The number of esters is 1. The summed E-state index contributed by atoms with van der Waals surface area (Å²) >= 11 is 0. The van der Waals surface area contributed by atoms with E-state index in [0.717, 1.165) is 0 Å². The van der Waals surface area contributed by atoms with Gasteiger partial charge in [0, 0.05) is 0 Å². The Bertz CT molecular complexity index is 193. The number of ether oxygens (including phenoxy) is 1. The molecule has 7 heteroatoms. The summed E-state index contributed by atoms with van der Waals surface area (Å²) in [5.41, 5.74) is 0. The van der Waals surface area contributed by atoms with E-state index in [-0.39, 0.29) is 11.8 Å². The quantitative estimate of drug-likeness (QED) is 0.289. The summed E-state index contributed by atoms with van der Waals surface area (Å²) in [7, 11) is 0.